The van der Waals surface area contributed by atoms with Gasteiger partial charge in [-0.05, 0) is 42.7 Å². The second-order valence-corrected chi connectivity index (χ2v) is 10.3. The van der Waals surface area contributed by atoms with Crippen molar-refractivity contribution in [2.24, 2.45) is 5.92 Å². The summed E-state index contributed by atoms with van der Waals surface area (Å²) in [6, 6.07) is 11.6. The van der Waals surface area contributed by atoms with Gasteiger partial charge in [0, 0.05) is 19.6 Å². The molecule has 0 bridgehead atoms. The standard InChI is InChI=1S/C24H32FN3O4S/c1-17(2)23(27-33(30,31)21-10-4-18(3)5-11-21)24(29)26-16-22(28-12-14-32-15-13-28)19-6-8-20(25)9-7-19/h4-11,17,22-23,27H,12-16H2,1-3H3,(H,26,29)/t22-,23-/m1/s1. The molecule has 0 unspecified atom stereocenters. The van der Waals surface area contributed by atoms with Crippen LogP contribution in [0.5, 0.6) is 0 Å². The van der Waals surface area contributed by atoms with Crippen LogP contribution in [-0.4, -0.2) is 58.1 Å². The quantitative estimate of drug-likeness (QED) is 0.580. The van der Waals surface area contributed by atoms with E-state index in [9.17, 15) is 17.6 Å². The molecule has 9 heteroatoms. The summed E-state index contributed by atoms with van der Waals surface area (Å²) < 4.78 is 47.2. The highest BCUT2D eigenvalue weighted by molar-refractivity contribution is 7.89. The molecule has 2 N–H and O–H groups in total. The largest absolute Gasteiger partial charge is 0.379 e. The molecular formula is C24H32FN3O4S. The van der Waals surface area contributed by atoms with E-state index in [1.807, 2.05) is 6.92 Å². The first kappa shape index (κ1) is 25.3. The minimum absolute atomic E-state index is 0.115. The number of benzene rings is 2. The SMILES string of the molecule is Cc1ccc(S(=O)(=O)N[C@@H](C(=O)NC[C@H](c2ccc(F)cc2)N2CCOCC2)C(C)C)cc1. The fourth-order valence-electron chi connectivity index (χ4n) is 3.78. The Balaban J connectivity index is 1.73. The van der Waals surface area contributed by atoms with Gasteiger partial charge in [0.15, 0.2) is 0 Å². The predicted octanol–water partition coefficient (Wildman–Crippen LogP) is 2.63. The zero-order valence-electron chi connectivity index (χ0n) is 19.3. The zero-order valence-corrected chi connectivity index (χ0v) is 20.1. The fraction of sp³-hybridized carbons (Fsp3) is 0.458. The number of nitrogens with zero attached hydrogens (tertiary/aromatic N) is 1. The van der Waals surface area contributed by atoms with Crippen LogP contribution in [0.15, 0.2) is 53.4 Å². The summed E-state index contributed by atoms with van der Waals surface area (Å²) >= 11 is 0. The lowest BCUT2D eigenvalue weighted by Crippen LogP contribution is -2.51. The summed E-state index contributed by atoms with van der Waals surface area (Å²) in [5, 5.41) is 2.92. The van der Waals surface area contributed by atoms with Gasteiger partial charge in [0.25, 0.3) is 0 Å². The molecular weight excluding hydrogens is 445 g/mol. The number of hydrogen-bond donors (Lipinski definition) is 2. The van der Waals surface area contributed by atoms with E-state index < -0.39 is 22.0 Å². The van der Waals surface area contributed by atoms with Gasteiger partial charge in [-0.1, -0.05) is 43.7 Å². The van der Waals surface area contributed by atoms with E-state index in [1.54, 1.807) is 38.1 Å². The third kappa shape index (κ3) is 6.83. The van der Waals surface area contributed by atoms with Gasteiger partial charge in [0.1, 0.15) is 11.9 Å². The predicted molar refractivity (Wildman–Crippen MR) is 125 cm³/mol. The Morgan fingerprint density at radius 1 is 1.06 bits per heavy atom. The lowest BCUT2D eigenvalue weighted by atomic mass is 10.0. The Kier molecular flexibility index (Phi) is 8.58. The number of carbonyl (C=O) groups is 1. The molecule has 1 fully saturated rings. The second kappa shape index (κ2) is 11.2. The molecule has 1 amide bonds. The molecule has 7 nitrogen and oxygen atoms in total. The van der Waals surface area contributed by atoms with Gasteiger partial charge in [0.2, 0.25) is 15.9 Å². The number of aryl methyl sites for hydroxylation is 1. The Morgan fingerprint density at radius 2 is 1.67 bits per heavy atom. The molecule has 0 saturated carbocycles. The Bertz CT molecular complexity index is 1020. The van der Waals surface area contributed by atoms with Crippen molar-refractivity contribution in [3.8, 4) is 0 Å². The van der Waals surface area contributed by atoms with Crippen LogP contribution in [0.3, 0.4) is 0 Å². The summed E-state index contributed by atoms with van der Waals surface area (Å²) in [5.74, 6) is -0.993. The van der Waals surface area contributed by atoms with E-state index in [-0.39, 0.29) is 29.2 Å². The van der Waals surface area contributed by atoms with Crippen molar-refractivity contribution >= 4 is 15.9 Å². The van der Waals surface area contributed by atoms with Crippen molar-refractivity contribution in [3.05, 3.63) is 65.5 Å². The summed E-state index contributed by atoms with van der Waals surface area (Å²) in [6.45, 7) is 8.26. The van der Waals surface area contributed by atoms with E-state index >= 15 is 0 Å². The minimum atomic E-state index is -3.86. The number of sulfonamides is 1. The maximum Gasteiger partial charge on any atom is 0.241 e. The summed E-state index contributed by atoms with van der Waals surface area (Å²) in [6.07, 6.45) is 0. The number of morpholine rings is 1. The highest BCUT2D eigenvalue weighted by atomic mass is 32.2. The maximum absolute atomic E-state index is 13.5. The molecule has 2 aromatic carbocycles. The van der Waals surface area contributed by atoms with Crippen LogP contribution >= 0.6 is 0 Å². The van der Waals surface area contributed by atoms with Crippen molar-refractivity contribution in [3.63, 3.8) is 0 Å². The zero-order chi connectivity index (χ0) is 24.0. The van der Waals surface area contributed by atoms with Crippen molar-refractivity contribution < 1.29 is 22.3 Å². The molecule has 0 spiro atoms. The first-order valence-corrected chi connectivity index (χ1v) is 12.6. The van der Waals surface area contributed by atoms with Crippen LogP contribution < -0.4 is 10.0 Å². The monoisotopic (exact) mass is 477 g/mol. The van der Waals surface area contributed by atoms with E-state index in [2.05, 4.69) is 14.9 Å². The normalized spacial score (nSPS) is 17.0. The highest BCUT2D eigenvalue weighted by Gasteiger charge is 2.30. The van der Waals surface area contributed by atoms with Gasteiger partial charge >= 0.3 is 0 Å². The van der Waals surface area contributed by atoms with Crippen LogP contribution in [0.1, 0.15) is 31.0 Å². The number of nitrogens with one attached hydrogen (secondary N) is 2. The second-order valence-electron chi connectivity index (χ2n) is 8.62. The van der Waals surface area contributed by atoms with E-state index in [4.69, 9.17) is 4.74 Å². The van der Waals surface area contributed by atoms with Crippen LogP contribution in [0.25, 0.3) is 0 Å². The topological polar surface area (TPSA) is 87.7 Å². The number of amides is 1. The van der Waals surface area contributed by atoms with Crippen molar-refractivity contribution in [2.45, 2.75) is 37.8 Å². The molecule has 33 heavy (non-hydrogen) atoms. The number of rotatable bonds is 9. The number of hydrogen-bond acceptors (Lipinski definition) is 5. The Labute approximate surface area is 195 Å². The smallest absolute Gasteiger partial charge is 0.241 e. The third-order valence-electron chi connectivity index (χ3n) is 5.77. The van der Waals surface area contributed by atoms with Gasteiger partial charge in [-0.2, -0.15) is 4.72 Å². The van der Waals surface area contributed by atoms with Crippen LogP contribution in [0.2, 0.25) is 0 Å². The molecule has 1 aliphatic rings. The summed E-state index contributed by atoms with van der Waals surface area (Å²) in [7, 11) is -3.86. The Morgan fingerprint density at radius 3 is 2.24 bits per heavy atom. The van der Waals surface area contributed by atoms with E-state index in [0.29, 0.717) is 26.3 Å². The van der Waals surface area contributed by atoms with Gasteiger partial charge in [-0.15, -0.1) is 0 Å². The number of ether oxygens (including phenoxy) is 1. The summed E-state index contributed by atoms with van der Waals surface area (Å²) in [5.41, 5.74) is 1.82. The minimum Gasteiger partial charge on any atom is -0.379 e. The first-order chi connectivity index (χ1) is 15.7. The van der Waals surface area contributed by atoms with E-state index in [0.717, 1.165) is 11.1 Å². The molecule has 2 aromatic rings. The average molecular weight is 478 g/mol. The molecule has 0 aromatic heterocycles. The van der Waals surface area contributed by atoms with Crippen molar-refractivity contribution in [1.29, 1.82) is 0 Å². The summed E-state index contributed by atoms with van der Waals surface area (Å²) in [4.78, 5) is 15.4. The molecule has 2 atom stereocenters. The molecule has 3 rings (SSSR count). The lowest BCUT2D eigenvalue weighted by Gasteiger charge is -2.35. The molecule has 1 saturated heterocycles. The van der Waals surface area contributed by atoms with Gasteiger partial charge < -0.3 is 10.1 Å². The average Bonchev–Trinajstić information content (AvgIpc) is 2.79. The van der Waals surface area contributed by atoms with Gasteiger partial charge in [-0.25, -0.2) is 12.8 Å². The number of carbonyl (C=O) groups excluding carboxylic acids is 1. The lowest BCUT2D eigenvalue weighted by molar-refractivity contribution is -0.124. The first-order valence-electron chi connectivity index (χ1n) is 11.1. The van der Waals surface area contributed by atoms with E-state index in [1.165, 1.54) is 24.3 Å². The van der Waals surface area contributed by atoms with Crippen LogP contribution in [0, 0.1) is 18.7 Å². The molecule has 1 aliphatic heterocycles. The Hall–Kier alpha value is -2.33. The van der Waals surface area contributed by atoms with Crippen LogP contribution in [-0.2, 0) is 19.6 Å². The van der Waals surface area contributed by atoms with Crippen molar-refractivity contribution in [1.82, 2.24) is 14.9 Å². The van der Waals surface area contributed by atoms with Crippen molar-refractivity contribution in [2.75, 3.05) is 32.8 Å². The number of halogens is 1. The van der Waals surface area contributed by atoms with Crippen LogP contribution in [0.4, 0.5) is 4.39 Å². The molecule has 0 radical (unpaired) electrons. The highest BCUT2D eigenvalue weighted by Crippen LogP contribution is 2.22. The third-order valence-corrected chi connectivity index (χ3v) is 7.23. The molecule has 180 valence electrons. The molecule has 1 heterocycles. The molecule has 0 aliphatic carbocycles. The fourth-order valence-corrected chi connectivity index (χ4v) is 5.13. The van der Waals surface area contributed by atoms with Gasteiger partial charge in [0.05, 0.1) is 24.2 Å². The van der Waals surface area contributed by atoms with Gasteiger partial charge in [-0.3, -0.25) is 9.69 Å². The maximum atomic E-state index is 13.5.